The van der Waals surface area contributed by atoms with Gasteiger partial charge in [0.1, 0.15) is 5.56 Å². The molecule has 0 radical (unpaired) electrons. The fraction of sp³-hybridized carbons (Fsp3) is 0.235. The lowest BCUT2D eigenvalue weighted by Crippen LogP contribution is -2.27. The van der Waals surface area contributed by atoms with Gasteiger partial charge in [0, 0.05) is 12.1 Å². The predicted molar refractivity (Wildman–Crippen MR) is 85.3 cm³/mol. The minimum atomic E-state index is -4.48. The second-order valence-corrected chi connectivity index (χ2v) is 5.39. The molecule has 2 aromatic carbocycles. The van der Waals surface area contributed by atoms with Gasteiger partial charge < -0.3 is 5.32 Å². The molecule has 8 heteroatoms. The van der Waals surface area contributed by atoms with Crippen molar-refractivity contribution >= 4 is 11.6 Å². The zero-order valence-electron chi connectivity index (χ0n) is 13.3. The summed E-state index contributed by atoms with van der Waals surface area (Å²) in [6, 6.07) is 9.42. The number of aryl methyl sites for hydroxylation is 1. The van der Waals surface area contributed by atoms with E-state index in [-0.39, 0.29) is 29.8 Å². The van der Waals surface area contributed by atoms with E-state index in [1.807, 2.05) is 0 Å². The summed E-state index contributed by atoms with van der Waals surface area (Å²) in [5.41, 5.74) is -0.801. The molecule has 0 spiro atoms. The van der Waals surface area contributed by atoms with Gasteiger partial charge >= 0.3 is 6.18 Å². The Morgan fingerprint density at radius 3 is 2.48 bits per heavy atom. The molecule has 0 atom stereocenters. The van der Waals surface area contributed by atoms with Gasteiger partial charge in [-0.1, -0.05) is 30.3 Å². The Morgan fingerprint density at radius 2 is 1.84 bits per heavy atom. The van der Waals surface area contributed by atoms with Crippen LogP contribution >= 0.6 is 0 Å². The molecule has 1 amide bonds. The summed E-state index contributed by atoms with van der Waals surface area (Å²) in [5.74, 6) is -0.695. The number of benzene rings is 2. The average molecular weight is 352 g/mol. The van der Waals surface area contributed by atoms with Crippen LogP contribution in [0.25, 0.3) is 0 Å². The molecule has 0 heterocycles. The van der Waals surface area contributed by atoms with Crippen molar-refractivity contribution in [3.8, 4) is 0 Å². The quantitative estimate of drug-likeness (QED) is 0.655. The van der Waals surface area contributed by atoms with E-state index in [2.05, 4.69) is 5.32 Å². The SMILES string of the molecule is Cc1cccc(C(=O)NCCc2ccccc2C(F)(F)F)c1[N+](=O)[O-]. The Bertz CT molecular complexity index is 804. The largest absolute Gasteiger partial charge is 0.416 e. The van der Waals surface area contributed by atoms with Gasteiger partial charge in [0.15, 0.2) is 0 Å². The zero-order chi connectivity index (χ0) is 18.6. The van der Waals surface area contributed by atoms with E-state index in [4.69, 9.17) is 0 Å². The highest BCUT2D eigenvalue weighted by molar-refractivity contribution is 5.98. The van der Waals surface area contributed by atoms with Crippen molar-refractivity contribution in [2.24, 2.45) is 0 Å². The number of nitrogens with zero attached hydrogens (tertiary/aromatic N) is 1. The Morgan fingerprint density at radius 1 is 1.16 bits per heavy atom. The van der Waals surface area contributed by atoms with Crippen molar-refractivity contribution < 1.29 is 22.9 Å². The normalized spacial score (nSPS) is 11.2. The standard InChI is InChI=1S/C17H15F3N2O3/c1-11-5-4-7-13(15(11)22(24)25)16(23)21-10-9-12-6-2-3-8-14(12)17(18,19)20/h2-8H,9-10H2,1H3,(H,21,23). The van der Waals surface area contributed by atoms with Crippen LogP contribution in [0.5, 0.6) is 0 Å². The summed E-state index contributed by atoms with van der Waals surface area (Å²) in [6.45, 7) is 1.44. The minimum Gasteiger partial charge on any atom is -0.351 e. The molecule has 0 unspecified atom stereocenters. The number of para-hydroxylation sites is 1. The Balaban J connectivity index is 2.11. The van der Waals surface area contributed by atoms with Gasteiger partial charge in [0.05, 0.1) is 10.5 Å². The number of amides is 1. The lowest BCUT2D eigenvalue weighted by atomic mass is 10.0. The molecule has 2 rings (SSSR count). The number of hydrogen-bond donors (Lipinski definition) is 1. The van der Waals surface area contributed by atoms with Gasteiger partial charge in [0.25, 0.3) is 11.6 Å². The van der Waals surface area contributed by atoms with Crippen LogP contribution in [-0.2, 0) is 12.6 Å². The first kappa shape index (κ1) is 18.4. The molecule has 0 fully saturated rings. The second kappa shape index (κ2) is 7.33. The third-order valence-corrected chi connectivity index (χ3v) is 3.67. The van der Waals surface area contributed by atoms with E-state index >= 15 is 0 Å². The third kappa shape index (κ3) is 4.34. The topological polar surface area (TPSA) is 72.2 Å². The molecule has 0 aliphatic heterocycles. The number of nitrogens with one attached hydrogen (secondary N) is 1. The number of carbonyl (C=O) groups excluding carboxylic acids is 1. The van der Waals surface area contributed by atoms with E-state index in [9.17, 15) is 28.1 Å². The first-order chi connectivity index (χ1) is 11.7. The van der Waals surface area contributed by atoms with Crippen molar-refractivity contribution in [2.75, 3.05) is 6.54 Å². The molecular weight excluding hydrogens is 337 g/mol. The molecule has 25 heavy (non-hydrogen) atoms. The Hall–Kier alpha value is -2.90. The minimum absolute atomic E-state index is 0.0406. The Labute approximate surface area is 141 Å². The van der Waals surface area contributed by atoms with Gasteiger partial charge in [-0.3, -0.25) is 14.9 Å². The smallest absolute Gasteiger partial charge is 0.351 e. The Kier molecular flexibility index (Phi) is 5.41. The van der Waals surface area contributed by atoms with Crippen molar-refractivity contribution in [3.05, 3.63) is 74.8 Å². The number of alkyl halides is 3. The van der Waals surface area contributed by atoms with E-state index in [0.29, 0.717) is 5.56 Å². The van der Waals surface area contributed by atoms with E-state index in [0.717, 1.165) is 6.07 Å². The van der Waals surface area contributed by atoms with Crippen LogP contribution in [0.15, 0.2) is 42.5 Å². The summed E-state index contributed by atoms with van der Waals surface area (Å²) < 4.78 is 38.8. The zero-order valence-corrected chi connectivity index (χ0v) is 13.3. The van der Waals surface area contributed by atoms with Gasteiger partial charge in [-0.2, -0.15) is 13.2 Å². The summed E-state index contributed by atoms with van der Waals surface area (Å²) in [4.78, 5) is 22.6. The van der Waals surface area contributed by atoms with Gasteiger partial charge in [0.2, 0.25) is 0 Å². The molecule has 2 aromatic rings. The number of hydrogen-bond acceptors (Lipinski definition) is 3. The van der Waals surface area contributed by atoms with Crippen molar-refractivity contribution in [1.29, 1.82) is 0 Å². The highest BCUT2D eigenvalue weighted by Gasteiger charge is 2.32. The van der Waals surface area contributed by atoms with Crippen LogP contribution in [0, 0.1) is 17.0 Å². The first-order valence-electron chi connectivity index (χ1n) is 7.39. The maximum atomic E-state index is 12.9. The molecule has 0 saturated carbocycles. The third-order valence-electron chi connectivity index (χ3n) is 3.67. The highest BCUT2D eigenvalue weighted by atomic mass is 19.4. The molecule has 132 valence electrons. The molecule has 0 aromatic heterocycles. The molecule has 1 N–H and O–H groups in total. The van der Waals surface area contributed by atoms with Crippen molar-refractivity contribution in [3.63, 3.8) is 0 Å². The van der Waals surface area contributed by atoms with E-state index < -0.39 is 22.6 Å². The van der Waals surface area contributed by atoms with Gasteiger partial charge in [-0.05, 0) is 31.0 Å². The fourth-order valence-electron chi connectivity index (χ4n) is 2.51. The molecule has 0 aliphatic rings. The number of carbonyl (C=O) groups is 1. The lowest BCUT2D eigenvalue weighted by molar-refractivity contribution is -0.385. The summed E-state index contributed by atoms with van der Waals surface area (Å²) in [6.07, 6.45) is -4.52. The summed E-state index contributed by atoms with van der Waals surface area (Å²) in [7, 11) is 0. The number of nitro groups is 1. The van der Waals surface area contributed by atoms with Crippen LogP contribution in [0.4, 0.5) is 18.9 Å². The molecule has 5 nitrogen and oxygen atoms in total. The number of rotatable bonds is 5. The molecular formula is C17H15F3N2O3. The predicted octanol–water partition coefficient (Wildman–Crippen LogP) is 3.89. The van der Waals surface area contributed by atoms with E-state index in [1.54, 1.807) is 0 Å². The molecule has 0 saturated heterocycles. The van der Waals surface area contributed by atoms with Crippen LogP contribution < -0.4 is 5.32 Å². The fourth-order valence-corrected chi connectivity index (χ4v) is 2.51. The number of nitro benzene ring substituents is 1. The second-order valence-electron chi connectivity index (χ2n) is 5.39. The molecule has 0 bridgehead atoms. The maximum absolute atomic E-state index is 12.9. The summed E-state index contributed by atoms with van der Waals surface area (Å²) in [5, 5.41) is 13.5. The van der Waals surface area contributed by atoms with Crippen LogP contribution in [0.1, 0.15) is 27.0 Å². The van der Waals surface area contributed by atoms with Crippen molar-refractivity contribution in [2.45, 2.75) is 19.5 Å². The molecule has 0 aliphatic carbocycles. The van der Waals surface area contributed by atoms with Crippen LogP contribution in [0.3, 0.4) is 0 Å². The lowest BCUT2D eigenvalue weighted by Gasteiger charge is -2.13. The summed E-state index contributed by atoms with van der Waals surface area (Å²) >= 11 is 0. The van der Waals surface area contributed by atoms with Gasteiger partial charge in [-0.15, -0.1) is 0 Å². The van der Waals surface area contributed by atoms with Crippen molar-refractivity contribution in [1.82, 2.24) is 5.32 Å². The number of halogens is 3. The van der Waals surface area contributed by atoms with Crippen LogP contribution in [0.2, 0.25) is 0 Å². The van der Waals surface area contributed by atoms with Gasteiger partial charge in [-0.25, -0.2) is 0 Å². The van der Waals surface area contributed by atoms with E-state index in [1.165, 1.54) is 43.3 Å². The monoisotopic (exact) mass is 352 g/mol. The first-order valence-corrected chi connectivity index (χ1v) is 7.39. The average Bonchev–Trinajstić information content (AvgIpc) is 2.53. The highest BCUT2D eigenvalue weighted by Crippen LogP contribution is 2.32. The maximum Gasteiger partial charge on any atom is 0.416 e. The van der Waals surface area contributed by atoms with Crippen LogP contribution in [-0.4, -0.2) is 17.4 Å².